The molecule has 0 spiro atoms. The van der Waals surface area contributed by atoms with E-state index in [1.54, 1.807) is 0 Å². The summed E-state index contributed by atoms with van der Waals surface area (Å²) >= 11 is 0. The number of aliphatic carboxylic acids is 1. The number of aromatic nitrogens is 2. The van der Waals surface area contributed by atoms with Gasteiger partial charge < -0.3 is 20.7 Å². The molecule has 2 atom stereocenters. The molecule has 0 bridgehead atoms. The third-order valence-corrected chi connectivity index (χ3v) is 2.68. The smallest absolute Gasteiger partial charge is 0.326 e. The lowest BCUT2D eigenvalue weighted by Crippen LogP contribution is -2.49. The molecular weight excluding hydrogens is 248 g/mol. The highest BCUT2D eigenvalue weighted by molar-refractivity contribution is 5.82. The van der Waals surface area contributed by atoms with Crippen molar-refractivity contribution in [2.45, 2.75) is 45.2 Å². The van der Waals surface area contributed by atoms with Crippen LogP contribution in [0.5, 0.6) is 0 Å². The Balaban J connectivity index is 2.49. The van der Waals surface area contributed by atoms with Crippen molar-refractivity contribution in [3.63, 3.8) is 0 Å². The number of carbonyl (C=O) groups is 2. The first-order valence-corrected chi connectivity index (χ1v) is 6.30. The van der Waals surface area contributed by atoms with Crippen molar-refractivity contribution in [2.75, 3.05) is 0 Å². The number of amides is 2. The normalized spacial score (nSPS) is 13.6. The number of nitrogens with zero attached hydrogens (tertiary/aromatic N) is 1. The fourth-order valence-electron chi connectivity index (χ4n) is 1.75. The number of urea groups is 1. The first-order chi connectivity index (χ1) is 9.02. The van der Waals surface area contributed by atoms with Crippen LogP contribution in [0.4, 0.5) is 4.79 Å². The summed E-state index contributed by atoms with van der Waals surface area (Å²) in [6.07, 6.45) is 4.99. The van der Waals surface area contributed by atoms with Gasteiger partial charge in [0.05, 0.1) is 6.33 Å². The average Bonchev–Trinajstić information content (AvgIpc) is 2.80. The van der Waals surface area contributed by atoms with E-state index >= 15 is 0 Å². The number of hydrogen-bond donors (Lipinski definition) is 4. The molecule has 0 radical (unpaired) electrons. The number of carbonyl (C=O) groups excluding carboxylic acids is 1. The van der Waals surface area contributed by atoms with Crippen LogP contribution in [0.3, 0.4) is 0 Å². The largest absolute Gasteiger partial charge is 0.480 e. The number of hydrogen-bond acceptors (Lipinski definition) is 3. The summed E-state index contributed by atoms with van der Waals surface area (Å²) in [5.41, 5.74) is 0.661. The van der Waals surface area contributed by atoms with Gasteiger partial charge in [0.1, 0.15) is 6.04 Å². The standard InChI is InChI=1S/C12H20N4O3/c1-3-4-8(2)15-12(19)16-10(11(17)18)5-9-6-13-7-14-9/h6-8,10H,3-5H2,1-2H3,(H,13,14)(H,17,18)(H2,15,16,19). The number of imidazole rings is 1. The summed E-state index contributed by atoms with van der Waals surface area (Å²) in [6.45, 7) is 3.90. The predicted molar refractivity (Wildman–Crippen MR) is 69.8 cm³/mol. The van der Waals surface area contributed by atoms with Gasteiger partial charge in [0.25, 0.3) is 0 Å². The molecule has 1 rings (SSSR count). The van der Waals surface area contributed by atoms with Crippen molar-refractivity contribution < 1.29 is 14.7 Å². The second kappa shape index (κ2) is 7.40. The zero-order valence-corrected chi connectivity index (χ0v) is 11.1. The number of H-pyrrole nitrogens is 1. The fourth-order valence-corrected chi connectivity index (χ4v) is 1.75. The Morgan fingerprint density at radius 3 is 2.74 bits per heavy atom. The number of carboxylic acid groups (broad SMARTS) is 1. The van der Waals surface area contributed by atoms with Gasteiger partial charge >= 0.3 is 12.0 Å². The Kier molecular flexibility index (Phi) is 5.84. The van der Waals surface area contributed by atoms with Gasteiger partial charge in [-0.15, -0.1) is 0 Å². The molecule has 1 aromatic rings. The molecular formula is C12H20N4O3. The molecule has 0 aliphatic heterocycles. The molecule has 2 unspecified atom stereocenters. The molecule has 0 saturated heterocycles. The number of rotatable bonds is 7. The van der Waals surface area contributed by atoms with Gasteiger partial charge in [0.15, 0.2) is 0 Å². The van der Waals surface area contributed by atoms with E-state index in [2.05, 4.69) is 20.6 Å². The van der Waals surface area contributed by atoms with Crippen LogP contribution in [-0.4, -0.2) is 39.2 Å². The van der Waals surface area contributed by atoms with Crippen molar-refractivity contribution in [1.82, 2.24) is 20.6 Å². The second-order valence-corrected chi connectivity index (χ2v) is 4.48. The Labute approximate surface area is 111 Å². The molecule has 0 saturated carbocycles. The second-order valence-electron chi connectivity index (χ2n) is 4.48. The lowest BCUT2D eigenvalue weighted by molar-refractivity contribution is -0.139. The van der Waals surface area contributed by atoms with Crippen LogP contribution in [-0.2, 0) is 11.2 Å². The topological polar surface area (TPSA) is 107 Å². The van der Waals surface area contributed by atoms with E-state index in [1.807, 2.05) is 13.8 Å². The first kappa shape index (κ1) is 15.0. The Hall–Kier alpha value is -2.05. The molecule has 0 aromatic carbocycles. The van der Waals surface area contributed by atoms with Gasteiger partial charge in [0.2, 0.25) is 0 Å². The van der Waals surface area contributed by atoms with E-state index in [1.165, 1.54) is 12.5 Å². The monoisotopic (exact) mass is 268 g/mol. The van der Waals surface area contributed by atoms with E-state index < -0.39 is 18.0 Å². The third-order valence-electron chi connectivity index (χ3n) is 2.68. The van der Waals surface area contributed by atoms with Crippen molar-refractivity contribution in [3.8, 4) is 0 Å². The molecule has 7 heteroatoms. The Morgan fingerprint density at radius 2 is 2.21 bits per heavy atom. The summed E-state index contributed by atoms with van der Waals surface area (Å²) < 4.78 is 0. The Bertz CT molecular complexity index is 405. The molecule has 7 nitrogen and oxygen atoms in total. The molecule has 19 heavy (non-hydrogen) atoms. The van der Waals surface area contributed by atoms with E-state index in [9.17, 15) is 9.59 Å². The van der Waals surface area contributed by atoms with E-state index in [0.29, 0.717) is 5.69 Å². The highest BCUT2D eigenvalue weighted by Crippen LogP contribution is 1.99. The lowest BCUT2D eigenvalue weighted by atomic mass is 10.1. The molecule has 1 aromatic heterocycles. The minimum Gasteiger partial charge on any atom is -0.480 e. The summed E-state index contributed by atoms with van der Waals surface area (Å²) in [5.74, 6) is -1.08. The van der Waals surface area contributed by atoms with Crippen LogP contribution in [0.1, 0.15) is 32.4 Å². The molecule has 0 aliphatic rings. The van der Waals surface area contributed by atoms with E-state index in [4.69, 9.17) is 5.11 Å². The van der Waals surface area contributed by atoms with Gasteiger partial charge in [-0.1, -0.05) is 13.3 Å². The van der Waals surface area contributed by atoms with Crippen LogP contribution in [0.15, 0.2) is 12.5 Å². The molecule has 2 amide bonds. The zero-order chi connectivity index (χ0) is 14.3. The SMILES string of the molecule is CCCC(C)NC(=O)NC(Cc1cnc[nH]1)C(=O)O. The zero-order valence-electron chi connectivity index (χ0n) is 11.1. The maximum atomic E-state index is 11.7. The van der Waals surface area contributed by atoms with E-state index in [0.717, 1.165) is 12.8 Å². The maximum Gasteiger partial charge on any atom is 0.326 e. The first-order valence-electron chi connectivity index (χ1n) is 6.30. The summed E-state index contributed by atoms with van der Waals surface area (Å²) in [6, 6.07) is -1.42. The Morgan fingerprint density at radius 1 is 1.47 bits per heavy atom. The van der Waals surface area contributed by atoms with Crippen molar-refractivity contribution >= 4 is 12.0 Å². The number of carboxylic acids is 1. The molecule has 106 valence electrons. The van der Waals surface area contributed by atoms with Crippen LogP contribution in [0.25, 0.3) is 0 Å². The molecule has 0 aliphatic carbocycles. The van der Waals surface area contributed by atoms with Gasteiger partial charge in [-0.05, 0) is 13.3 Å². The van der Waals surface area contributed by atoms with Crippen LogP contribution < -0.4 is 10.6 Å². The van der Waals surface area contributed by atoms with Gasteiger partial charge in [-0.3, -0.25) is 0 Å². The predicted octanol–water partition coefficient (Wildman–Crippen LogP) is 0.893. The molecule has 4 N–H and O–H groups in total. The van der Waals surface area contributed by atoms with E-state index in [-0.39, 0.29) is 12.5 Å². The highest BCUT2D eigenvalue weighted by atomic mass is 16.4. The third kappa shape index (κ3) is 5.41. The molecule has 1 heterocycles. The fraction of sp³-hybridized carbons (Fsp3) is 0.583. The van der Waals surface area contributed by atoms with Crippen LogP contribution in [0, 0.1) is 0 Å². The quantitative estimate of drug-likeness (QED) is 0.589. The summed E-state index contributed by atoms with van der Waals surface area (Å²) in [7, 11) is 0. The van der Waals surface area contributed by atoms with Crippen LogP contribution in [0.2, 0.25) is 0 Å². The summed E-state index contributed by atoms with van der Waals surface area (Å²) in [4.78, 5) is 29.4. The van der Waals surface area contributed by atoms with Crippen molar-refractivity contribution in [2.24, 2.45) is 0 Å². The van der Waals surface area contributed by atoms with Crippen molar-refractivity contribution in [3.05, 3.63) is 18.2 Å². The van der Waals surface area contributed by atoms with Gasteiger partial charge in [0, 0.05) is 24.4 Å². The summed E-state index contributed by atoms with van der Waals surface area (Å²) in [5, 5.41) is 14.2. The maximum absolute atomic E-state index is 11.7. The number of aromatic amines is 1. The number of nitrogens with one attached hydrogen (secondary N) is 3. The van der Waals surface area contributed by atoms with Crippen LogP contribution >= 0.6 is 0 Å². The van der Waals surface area contributed by atoms with Gasteiger partial charge in [-0.2, -0.15) is 0 Å². The minimum absolute atomic E-state index is 0.0200. The molecule has 0 fully saturated rings. The highest BCUT2D eigenvalue weighted by Gasteiger charge is 2.21. The van der Waals surface area contributed by atoms with Crippen molar-refractivity contribution in [1.29, 1.82) is 0 Å². The van der Waals surface area contributed by atoms with Gasteiger partial charge in [-0.25, -0.2) is 14.6 Å². The lowest BCUT2D eigenvalue weighted by Gasteiger charge is -2.17. The average molecular weight is 268 g/mol. The minimum atomic E-state index is -1.08.